The Morgan fingerprint density at radius 1 is 1.21 bits per heavy atom. The number of hydrogen-bond donors (Lipinski definition) is 1. The van der Waals surface area contributed by atoms with Gasteiger partial charge in [0.25, 0.3) is 0 Å². The van der Waals surface area contributed by atoms with Crippen LogP contribution in [-0.2, 0) is 4.79 Å². The van der Waals surface area contributed by atoms with Crippen molar-refractivity contribution in [1.82, 2.24) is 4.98 Å². The van der Waals surface area contributed by atoms with Crippen molar-refractivity contribution in [3.05, 3.63) is 59.1 Å². The van der Waals surface area contributed by atoms with Crippen LogP contribution in [0.1, 0.15) is 23.4 Å². The average Bonchev–Trinajstić information content (AvgIpc) is 3.02. The fourth-order valence-corrected chi connectivity index (χ4v) is 3.43. The zero-order valence-electron chi connectivity index (χ0n) is 13.2. The number of ether oxygens (including phenoxy) is 1. The molecule has 0 aliphatic rings. The number of carbonyl (C=O) groups is 1. The second-order valence-electron chi connectivity index (χ2n) is 5.33. The molecule has 24 heavy (non-hydrogen) atoms. The topological polar surface area (TPSA) is 59.4 Å². The van der Waals surface area contributed by atoms with E-state index in [2.05, 4.69) is 4.98 Å². The van der Waals surface area contributed by atoms with Crippen LogP contribution in [0.4, 0.5) is 0 Å². The van der Waals surface area contributed by atoms with Gasteiger partial charge in [-0.15, -0.1) is 11.3 Å². The van der Waals surface area contributed by atoms with Crippen molar-refractivity contribution >= 4 is 39.2 Å². The van der Waals surface area contributed by atoms with E-state index < -0.39 is 5.97 Å². The van der Waals surface area contributed by atoms with Gasteiger partial charge in [-0.3, -0.25) is 4.79 Å². The number of fused-ring (bicyclic) bond motifs is 1. The molecule has 0 spiro atoms. The van der Waals surface area contributed by atoms with Gasteiger partial charge >= 0.3 is 5.97 Å². The van der Waals surface area contributed by atoms with Crippen LogP contribution in [0.15, 0.2) is 48.5 Å². The number of rotatable bonds is 6. The van der Waals surface area contributed by atoms with Gasteiger partial charge < -0.3 is 9.84 Å². The maximum atomic E-state index is 11.0. The van der Waals surface area contributed by atoms with Crippen molar-refractivity contribution in [2.45, 2.75) is 12.8 Å². The minimum absolute atomic E-state index is 0.0751. The molecule has 0 saturated heterocycles. The molecule has 0 amide bonds. The number of carboxylic acid groups (broad SMARTS) is 1. The summed E-state index contributed by atoms with van der Waals surface area (Å²) in [5.74, 6) is -0.0433. The summed E-state index contributed by atoms with van der Waals surface area (Å²) in [6.45, 7) is 0. The first-order chi connectivity index (χ1) is 11.7. The van der Waals surface area contributed by atoms with Crippen molar-refractivity contribution in [2.75, 3.05) is 7.11 Å². The molecular weight excluding hydrogens is 322 g/mol. The van der Waals surface area contributed by atoms with E-state index in [9.17, 15) is 4.79 Å². The van der Waals surface area contributed by atoms with E-state index in [-0.39, 0.29) is 6.42 Å². The Hall–Kier alpha value is -2.66. The van der Waals surface area contributed by atoms with E-state index in [0.717, 1.165) is 32.1 Å². The van der Waals surface area contributed by atoms with E-state index in [1.807, 2.05) is 54.6 Å². The highest BCUT2D eigenvalue weighted by Crippen LogP contribution is 2.31. The second kappa shape index (κ2) is 7.27. The molecule has 0 radical (unpaired) electrons. The van der Waals surface area contributed by atoms with Crippen LogP contribution in [0.25, 0.3) is 21.9 Å². The van der Waals surface area contributed by atoms with E-state index in [0.29, 0.717) is 6.42 Å². The summed E-state index contributed by atoms with van der Waals surface area (Å²) in [6.07, 6.45) is 2.50. The first-order valence-electron chi connectivity index (χ1n) is 7.58. The smallest absolute Gasteiger partial charge is 0.303 e. The Balaban J connectivity index is 2.01. The minimum atomic E-state index is -0.812. The number of aliphatic carboxylic acids is 1. The van der Waals surface area contributed by atoms with Crippen LogP contribution < -0.4 is 4.74 Å². The Labute approximate surface area is 144 Å². The number of allylic oxidation sites excluding steroid dienone is 1. The lowest BCUT2D eigenvalue weighted by molar-refractivity contribution is -0.136. The van der Waals surface area contributed by atoms with Crippen LogP contribution in [0, 0.1) is 0 Å². The molecule has 3 rings (SSSR count). The fraction of sp³-hybridized carbons (Fsp3) is 0.158. The molecule has 0 aliphatic carbocycles. The van der Waals surface area contributed by atoms with Crippen LogP contribution in [-0.4, -0.2) is 23.2 Å². The van der Waals surface area contributed by atoms with Crippen LogP contribution in [0.3, 0.4) is 0 Å². The molecule has 1 heterocycles. The van der Waals surface area contributed by atoms with E-state index in [1.54, 1.807) is 18.4 Å². The lowest BCUT2D eigenvalue weighted by Gasteiger charge is -2.05. The SMILES string of the molecule is COc1cccc(/C=C(\CCC(=O)O)c2nc3ccccc3s2)c1. The number of hydrogen-bond acceptors (Lipinski definition) is 4. The zero-order chi connectivity index (χ0) is 16.9. The van der Waals surface area contributed by atoms with Gasteiger partial charge in [0, 0.05) is 6.42 Å². The van der Waals surface area contributed by atoms with Gasteiger partial charge in [0.1, 0.15) is 10.8 Å². The average molecular weight is 339 g/mol. The third kappa shape index (κ3) is 3.81. The van der Waals surface area contributed by atoms with Crippen LogP contribution in [0.5, 0.6) is 5.75 Å². The molecule has 0 bridgehead atoms. The van der Waals surface area contributed by atoms with Crippen molar-refractivity contribution in [3.8, 4) is 5.75 Å². The number of nitrogens with zero attached hydrogens (tertiary/aromatic N) is 1. The summed E-state index contributed by atoms with van der Waals surface area (Å²) < 4.78 is 6.35. The predicted molar refractivity (Wildman–Crippen MR) is 97.4 cm³/mol. The molecule has 122 valence electrons. The highest BCUT2D eigenvalue weighted by molar-refractivity contribution is 7.19. The van der Waals surface area contributed by atoms with Gasteiger partial charge in [-0.05, 0) is 47.9 Å². The largest absolute Gasteiger partial charge is 0.497 e. The molecule has 0 saturated carbocycles. The van der Waals surface area contributed by atoms with Crippen molar-refractivity contribution < 1.29 is 14.6 Å². The van der Waals surface area contributed by atoms with Gasteiger partial charge in [-0.2, -0.15) is 0 Å². The number of carboxylic acids is 1. The lowest BCUT2D eigenvalue weighted by Crippen LogP contribution is -1.95. The Morgan fingerprint density at radius 2 is 2.04 bits per heavy atom. The van der Waals surface area contributed by atoms with Crippen molar-refractivity contribution in [2.24, 2.45) is 0 Å². The van der Waals surface area contributed by atoms with E-state index >= 15 is 0 Å². The Kier molecular flexibility index (Phi) is 4.91. The molecule has 0 atom stereocenters. The molecule has 4 nitrogen and oxygen atoms in total. The van der Waals surface area contributed by atoms with Crippen molar-refractivity contribution in [3.63, 3.8) is 0 Å². The molecule has 1 aromatic heterocycles. The zero-order valence-corrected chi connectivity index (χ0v) is 14.0. The summed E-state index contributed by atoms with van der Waals surface area (Å²) in [4.78, 5) is 15.7. The summed E-state index contributed by atoms with van der Waals surface area (Å²) in [7, 11) is 1.63. The lowest BCUT2D eigenvalue weighted by atomic mass is 10.1. The third-order valence-corrected chi connectivity index (χ3v) is 4.72. The highest BCUT2D eigenvalue weighted by Gasteiger charge is 2.11. The van der Waals surface area contributed by atoms with E-state index in [4.69, 9.17) is 9.84 Å². The highest BCUT2D eigenvalue weighted by atomic mass is 32.1. The number of benzene rings is 2. The third-order valence-electron chi connectivity index (χ3n) is 3.61. The number of para-hydroxylation sites is 1. The summed E-state index contributed by atoms with van der Waals surface area (Å²) >= 11 is 1.58. The molecule has 5 heteroatoms. The normalized spacial score (nSPS) is 11.6. The fourth-order valence-electron chi connectivity index (χ4n) is 2.42. The first kappa shape index (κ1) is 16.2. The van der Waals surface area contributed by atoms with Gasteiger partial charge in [-0.25, -0.2) is 4.98 Å². The van der Waals surface area contributed by atoms with E-state index in [1.165, 1.54) is 0 Å². The van der Waals surface area contributed by atoms with Crippen LogP contribution >= 0.6 is 11.3 Å². The van der Waals surface area contributed by atoms with Crippen molar-refractivity contribution in [1.29, 1.82) is 0 Å². The quantitative estimate of drug-likeness (QED) is 0.706. The summed E-state index contributed by atoms with van der Waals surface area (Å²) in [6, 6.07) is 15.6. The van der Waals surface area contributed by atoms with Gasteiger partial charge in [0.2, 0.25) is 0 Å². The maximum absolute atomic E-state index is 11.0. The van der Waals surface area contributed by atoms with Gasteiger partial charge in [0.05, 0.1) is 17.3 Å². The monoisotopic (exact) mass is 339 g/mol. The summed E-state index contributed by atoms with van der Waals surface area (Å²) in [5, 5.41) is 9.89. The summed E-state index contributed by atoms with van der Waals surface area (Å²) in [5.41, 5.74) is 2.82. The molecular formula is C19H17NO3S. The van der Waals surface area contributed by atoms with Gasteiger partial charge in [-0.1, -0.05) is 24.3 Å². The number of aromatic nitrogens is 1. The molecule has 3 aromatic rings. The second-order valence-corrected chi connectivity index (χ2v) is 6.36. The first-order valence-corrected chi connectivity index (χ1v) is 8.40. The number of thiazole rings is 1. The minimum Gasteiger partial charge on any atom is -0.497 e. The molecule has 1 N–H and O–H groups in total. The Bertz CT molecular complexity index is 865. The van der Waals surface area contributed by atoms with Crippen LogP contribution in [0.2, 0.25) is 0 Å². The molecule has 2 aromatic carbocycles. The maximum Gasteiger partial charge on any atom is 0.303 e. The molecule has 0 fully saturated rings. The standard InChI is InChI=1S/C19H17NO3S/c1-23-15-6-4-5-13(12-15)11-14(9-10-18(21)22)19-20-16-7-2-3-8-17(16)24-19/h2-8,11-12H,9-10H2,1H3,(H,21,22)/b14-11+. The predicted octanol–water partition coefficient (Wildman–Crippen LogP) is 4.71. The molecule has 0 unspecified atom stereocenters. The van der Waals surface area contributed by atoms with Gasteiger partial charge in [0.15, 0.2) is 0 Å². The molecule has 0 aliphatic heterocycles. The Morgan fingerprint density at radius 3 is 2.79 bits per heavy atom. The number of methoxy groups -OCH3 is 1.